The lowest BCUT2D eigenvalue weighted by molar-refractivity contribution is 0.395. The van der Waals surface area contributed by atoms with E-state index in [1.807, 2.05) is 35.3 Å². The van der Waals surface area contributed by atoms with E-state index in [1.165, 1.54) is 163 Å². The number of allylic oxidation sites excluding steroid dienone is 9. The molecule has 0 saturated heterocycles. The summed E-state index contributed by atoms with van der Waals surface area (Å²) in [6, 6.07) is 54.5. The van der Waals surface area contributed by atoms with E-state index in [1.54, 1.807) is 9.81 Å². The zero-order valence-electron chi connectivity index (χ0n) is 69.1. The van der Waals surface area contributed by atoms with Crippen LogP contribution in [-0.2, 0) is 0 Å². The molecule has 0 aromatic heterocycles. The van der Waals surface area contributed by atoms with Crippen LogP contribution in [0.4, 0.5) is 28.4 Å². The number of hydrogen-bond acceptors (Lipinski definition) is 10. The van der Waals surface area contributed by atoms with Crippen LogP contribution in [0.3, 0.4) is 0 Å². The van der Waals surface area contributed by atoms with Crippen molar-refractivity contribution in [3.8, 4) is 0 Å². The van der Waals surface area contributed by atoms with Gasteiger partial charge in [0.15, 0.2) is 0 Å². The number of aryl methyl sites for hydroxylation is 5. The van der Waals surface area contributed by atoms with Crippen molar-refractivity contribution >= 4 is 92.2 Å². The topological polar surface area (TPSA) is 16.2 Å². The molecular weight excluding hydrogens is 1420 g/mol. The number of rotatable bonds is 8. The Kier molecular flexibility index (Phi) is 35.4. The van der Waals surface area contributed by atoms with E-state index in [0.29, 0.717) is 26.9 Å². The highest BCUT2D eigenvalue weighted by atomic mass is 32.2. The average molecular weight is 1570 g/mol. The van der Waals surface area contributed by atoms with Gasteiger partial charge in [-0.15, -0.1) is 47.0 Å². The van der Waals surface area contributed by atoms with Crippen molar-refractivity contribution in [1.82, 2.24) is 0 Å². The Balaban J connectivity index is 0.000000286. The number of hydrogen-bond donors (Lipinski definition) is 0. The zero-order chi connectivity index (χ0) is 76.1. The second-order valence-corrected chi connectivity index (χ2v) is 41.7. The molecule has 5 heterocycles. The largest absolute Gasteiger partial charge is 0.331 e. The zero-order valence-corrected chi connectivity index (χ0v) is 73.2. The molecule has 602 valence electrons. The van der Waals surface area contributed by atoms with E-state index in [0.717, 1.165) is 11.8 Å². The Labute approximate surface area is 692 Å². The lowest BCUT2D eigenvalue weighted by Crippen LogP contribution is -2.38. The first kappa shape index (κ1) is 96.1. The molecule has 5 unspecified atom stereocenters. The highest BCUT2D eigenvalue weighted by Gasteiger charge is 2.45. The van der Waals surface area contributed by atoms with Gasteiger partial charge in [0.1, 0.15) is 0 Å². The second kappa shape index (κ2) is 40.2. The van der Waals surface area contributed by atoms with Crippen LogP contribution >= 0.6 is 58.8 Å². The highest BCUT2D eigenvalue weighted by molar-refractivity contribution is 8.09. The van der Waals surface area contributed by atoms with Crippen molar-refractivity contribution in [1.29, 1.82) is 0 Å². The van der Waals surface area contributed by atoms with Crippen molar-refractivity contribution < 1.29 is 0 Å². The molecule has 2 fully saturated rings. The molecule has 5 nitrogen and oxygen atoms in total. The molecule has 109 heavy (non-hydrogen) atoms. The van der Waals surface area contributed by atoms with Crippen LogP contribution < -0.4 is 24.5 Å². The van der Waals surface area contributed by atoms with Gasteiger partial charge in [-0.25, -0.2) is 0 Å². The number of thioether (sulfide) groups is 5. The fourth-order valence-electron chi connectivity index (χ4n) is 15.7. The fraction of sp³-hybridized carbons (Fsp3) is 0.535. The maximum absolute atomic E-state index is 2.63. The Hall–Kier alpha value is -5.23. The lowest BCUT2D eigenvalue weighted by atomic mass is 9.88. The maximum atomic E-state index is 2.63. The van der Waals surface area contributed by atoms with Crippen LogP contribution in [0.5, 0.6) is 0 Å². The van der Waals surface area contributed by atoms with Crippen LogP contribution in [0.25, 0.3) is 4.91 Å². The summed E-state index contributed by atoms with van der Waals surface area (Å²) in [4.78, 5) is 20.4. The Morgan fingerprint density at radius 2 is 0.468 bits per heavy atom. The standard InChI is InChI=1S/C21H31NS.C21H25NS.C20H29NS.2C16H23NS.5CH4/c2*1-15-11-9-10-14-18(15)22-16(2)19(17-12-7-6-8-13-17)23-20(22)21(3,4)5;1-14-10-6-9-13-17(14)21-15(2)18(16-11-7-8-12-16)22-19(21)20(3,4)5;2*1-11-9-7-8-10-14(11)17-12(2)13(3)18-15(17)16(4,5)6;;;;;/h9-11,14,17,20H,6-8,12-13H2,1-5H3;6-14,20H,1-5H3;6,9-10,13,16,19H,7-8,11-12H2,1-5H3;2*7-10,15H,1-6H3;5*1H4. The quantitative estimate of drug-likeness (QED) is 0.146. The van der Waals surface area contributed by atoms with Crippen LogP contribution in [0, 0.1) is 73.5 Å². The lowest BCUT2D eigenvalue weighted by Gasteiger charge is -2.37. The first-order chi connectivity index (χ1) is 48.8. The second-order valence-electron chi connectivity index (χ2n) is 35.7. The maximum Gasteiger partial charge on any atom is 0.0891 e. The van der Waals surface area contributed by atoms with Crippen molar-refractivity contribution in [2.45, 2.75) is 309 Å². The van der Waals surface area contributed by atoms with Crippen LogP contribution in [0.15, 0.2) is 200 Å². The number of nitrogens with zero attached hydrogens (tertiary/aromatic N) is 5. The third kappa shape index (κ3) is 22.6. The van der Waals surface area contributed by atoms with E-state index in [-0.39, 0.29) is 64.2 Å². The summed E-state index contributed by atoms with van der Waals surface area (Å²) in [5, 5.41) is 2.38. The number of para-hydroxylation sites is 5. The molecule has 0 spiro atoms. The molecule has 13 rings (SSSR count). The highest BCUT2D eigenvalue weighted by Crippen LogP contribution is 2.57. The SMILES string of the molecule is C.C.C.C.C.CC1=C(C)N(c2ccccc2C)C(C(C)(C)C)S1.CC1=C(C)N(c2ccccc2C)C(C(C)(C)C)S1.CC1=C(C2CCCC2)SC(C(C)(C)C)N1c1ccccc1C.CC1=C(C2CCCCC2)SC(C(C)(C)C)N1c1ccccc1C.CC1=C(c2ccccc2)SC(C(C)(C)C)N1c1ccccc1C. The van der Waals surface area contributed by atoms with Crippen LogP contribution in [-0.4, -0.2) is 26.9 Å². The van der Waals surface area contributed by atoms with Gasteiger partial charge in [0.25, 0.3) is 0 Å². The third-order valence-electron chi connectivity index (χ3n) is 21.6. The van der Waals surface area contributed by atoms with Crippen LogP contribution in [0.2, 0.25) is 0 Å². The van der Waals surface area contributed by atoms with Gasteiger partial charge in [-0.05, 0) is 211 Å². The summed E-state index contributed by atoms with van der Waals surface area (Å²) in [6.07, 6.45) is 12.6. The van der Waals surface area contributed by atoms with E-state index in [9.17, 15) is 0 Å². The molecule has 7 aliphatic rings. The van der Waals surface area contributed by atoms with Gasteiger partial charge < -0.3 is 24.5 Å². The average Bonchev–Trinajstić information content (AvgIpc) is 1.64. The molecule has 6 aromatic carbocycles. The minimum absolute atomic E-state index is 0. The molecule has 0 N–H and O–H groups in total. The van der Waals surface area contributed by atoms with E-state index >= 15 is 0 Å². The summed E-state index contributed by atoms with van der Waals surface area (Å²) in [6.45, 7) is 62.2. The van der Waals surface area contributed by atoms with Gasteiger partial charge >= 0.3 is 0 Å². The molecule has 2 aliphatic carbocycles. The molecule has 5 aliphatic heterocycles. The van der Waals surface area contributed by atoms with Crippen LogP contribution in [0.1, 0.15) is 281 Å². The van der Waals surface area contributed by atoms with Gasteiger partial charge in [-0.2, -0.15) is 0 Å². The van der Waals surface area contributed by atoms with Gasteiger partial charge in [0, 0.05) is 81.4 Å². The Morgan fingerprint density at radius 3 is 0.734 bits per heavy atom. The molecule has 0 radical (unpaired) electrons. The summed E-state index contributed by atoms with van der Waals surface area (Å²) in [7, 11) is 0. The monoisotopic (exact) mass is 1570 g/mol. The van der Waals surface area contributed by atoms with E-state index < -0.39 is 0 Å². The van der Waals surface area contributed by atoms with Gasteiger partial charge in [-0.3, -0.25) is 0 Å². The Morgan fingerprint density at radius 1 is 0.248 bits per heavy atom. The Bertz CT molecular complexity index is 3980. The summed E-state index contributed by atoms with van der Waals surface area (Å²) >= 11 is 10.3. The molecular formula is C99H151N5S5. The summed E-state index contributed by atoms with van der Waals surface area (Å²) < 4.78 is 0. The normalized spacial score (nSPS) is 20.6. The molecule has 2 saturated carbocycles. The predicted molar refractivity (Wildman–Crippen MR) is 506 cm³/mol. The van der Waals surface area contributed by atoms with Gasteiger partial charge in [-0.1, -0.05) is 306 Å². The van der Waals surface area contributed by atoms with Crippen molar-refractivity contribution in [3.63, 3.8) is 0 Å². The van der Waals surface area contributed by atoms with Gasteiger partial charge in [0.2, 0.25) is 0 Å². The van der Waals surface area contributed by atoms with Crippen molar-refractivity contribution in [3.05, 3.63) is 233 Å². The summed E-state index contributed by atoms with van der Waals surface area (Å²) in [5.74, 6) is 1.61. The molecule has 5 atom stereocenters. The smallest absolute Gasteiger partial charge is 0.0891 e. The first-order valence-corrected chi connectivity index (χ1v) is 43.3. The summed E-state index contributed by atoms with van der Waals surface area (Å²) in [5.41, 5.74) is 23.3. The fourth-order valence-corrected chi connectivity index (χ4v) is 23.2. The third-order valence-corrected chi connectivity index (χ3v) is 31.2. The molecule has 10 heteroatoms. The van der Waals surface area contributed by atoms with E-state index in [2.05, 4.69) is 387 Å². The number of benzene rings is 6. The van der Waals surface area contributed by atoms with E-state index in [4.69, 9.17) is 0 Å². The molecule has 0 bridgehead atoms. The molecule has 6 aromatic rings. The minimum atomic E-state index is 0. The predicted octanol–water partition coefficient (Wildman–Crippen LogP) is 32.9. The number of anilines is 5. The van der Waals surface area contributed by atoms with Crippen molar-refractivity contribution in [2.75, 3.05) is 24.5 Å². The van der Waals surface area contributed by atoms with Crippen molar-refractivity contribution in [2.24, 2.45) is 38.9 Å². The van der Waals surface area contributed by atoms with Gasteiger partial charge in [0.05, 0.1) is 26.9 Å². The molecule has 0 amide bonds. The minimum Gasteiger partial charge on any atom is -0.331 e. The first-order valence-electron chi connectivity index (χ1n) is 38.9.